The van der Waals surface area contributed by atoms with E-state index in [0.29, 0.717) is 11.3 Å². The molecule has 0 aliphatic rings. The Hall–Kier alpha value is -2.96. The summed E-state index contributed by atoms with van der Waals surface area (Å²) >= 11 is 0. The third-order valence-electron chi connectivity index (χ3n) is 4.46. The van der Waals surface area contributed by atoms with Gasteiger partial charge in [-0.1, -0.05) is 48.5 Å². The van der Waals surface area contributed by atoms with Crippen molar-refractivity contribution in [2.45, 2.75) is 18.0 Å². The standard InChI is InChI=1S/C22H18FNO3S/c23-19-10-12-21(13-11-19)28(25,26)24(15-17-6-2-1-3-7-17)16-20-14-18-8-4-5-9-22(18)27-20/h1-14H,15-16H2. The van der Waals surface area contributed by atoms with E-state index in [0.717, 1.165) is 23.1 Å². The highest BCUT2D eigenvalue weighted by Gasteiger charge is 2.26. The van der Waals surface area contributed by atoms with Crippen LogP contribution in [-0.4, -0.2) is 12.7 Å². The van der Waals surface area contributed by atoms with Crippen molar-refractivity contribution in [1.82, 2.24) is 4.31 Å². The summed E-state index contributed by atoms with van der Waals surface area (Å²) in [7, 11) is -3.84. The maximum absolute atomic E-state index is 13.3. The van der Waals surface area contributed by atoms with Crippen LogP contribution in [0, 0.1) is 5.82 Å². The molecule has 0 radical (unpaired) electrons. The van der Waals surface area contributed by atoms with Gasteiger partial charge in [0.2, 0.25) is 10.0 Å². The summed E-state index contributed by atoms with van der Waals surface area (Å²) in [6.45, 7) is 0.251. The SMILES string of the molecule is O=S(=O)(c1ccc(F)cc1)N(Cc1ccccc1)Cc1cc2ccccc2o1. The van der Waals surface area contributed by atoms with Crippen LogP contribution < -0.4 is 0 Å². The van der Waals surface area contributed by atoms with Crippen LogP contribution in [0.1, 0.15) is 11.3 Å². The van der Waals surface area contributed by atoms with E-state index in [9.17, 15) is 12.8 Å². The number of furan rings is 1. The minimum Gasteiger partial charge on any atom is -0.460 e. The molecule has 0 fully saturated rings. The Morgan fingerprint density at radius 3 is 2.21 bits per heavy atom. The van der Waals surface area contributed by atoms with Gasteiger partial charge < -0.3 is 4.42 Å². The number of fused-ring (bicyclic) bond motifs is 1. The van der Waals surface area contributed by atoms with Crippen molar-refractivity contribution in [3.63, 3.8) is 0 Å². The van der Waals surface area contributed by atoms with Gasteiger partial charge in [0.1, 0.15) is 17.2 Å². The van der Waals surface area contributed by atoms with Crippen molar-refractivity contribution < 1.29 is 17.2 Å². The summed E-state index contributed by atoms with van der Waals surface area (Å²) < 4.78 is 46.9. The summed E-state index contributed by atoms with van der Waals surface area (Å²) in [4.78, 5) is 0.0425. The van der Waals surface area contributed by atoms with Crippen LogP contribution >= 0.6 is 0 Å². The van der Waals surface area contributed by atoms with Crippen LogP contribution in [-0.2, 0) is 23.1 Å². The third kappa shape index (κ3) is 3.83. The molecule has 0 saturated carbocycles. The molecule has 4 rings (SSSR count). The zero-order valence-corrected chi connectivity index (χ0v) is 15.8. The lowest BCUT2D eigenvalue weighted by Crippen LogP contribution is -2.30. The number of para-hydroxylation sites is 1. The summed E-state index contributed by atoms with van der Waals surface area (Å²) in [5.41, 5.74) is 1.56. The zero-order chi connectivity index (χ0) is 19.6. The fourth-order valence-corrected chi connectivity index (χ4v) is 4.45. The lowest BCUT2D eigenvalue weighted by atomic mass is 10.2. The second kappa shape index (κ2) is 7.58. The van der Waals surface area contributed by atoms with Gasteiger partial charge in [-0.05, 0) is 42.0 Å². The van der Waals surface area contributed by atoms with Gasteiger partial charge in [-0.25, -0.2) is 12.8 Å². The number of hydrogen-bond acceptors (Lipinski definition) is 3. The van der Waals surface area contributed by atoms with Gasteiger partial charge in [0.15, 0.2) is 0 Å². The van der Waals surface area contributed by atoms with Crippen LogP contribution in [0.4, 0.5) is 4.39 Å². The van der Waals surface area contributed by atoms with Gasteiger partial charge in [-0.15, -0.1) is 0 Å². The smallest absolute Gasteiger partial charge is 0.243 e. The molecular formula is C22H18FNO3S. The number of sulfonamides is 1. The Kier molecular flexibility index (Phi) is 4.98. The molecule has 0 saturated heterocycles. The second-order valence-corrected chi connectivity index (χ2v) is 8.40. The first-order valence-electron chi connectivity index (χ1n) is 8.79. The van der Waals surface area contributed by atoms with E-state index in [2.05, 4.69) is 0 Å². The van der Waals surface area contributed by atoms with Gasteiger partial charge in [0.25, 0.3) is 0 Å². The van der Waals surface area contributed by atoms with Crippen LogP contribution in [0.2, 0.25) is 0 Å². The van der Waals surface area contributed by atoms with Crippen molar-refractivity contribution >= 4 is 21.0 Å². The van der Waals surface area contributed by atoms with E-state index in [1.807, 2.05) is 60.7 Å². The Morgan fingerprint density at radius 2 is 1.50 bits per heavy atom. The van der Waals surface area contributed by atoms with E-state index >= 15 is 0 Å². The van der Waals surface area contributed by atoms with Crippen LogP contribution in [0.3, 0.4) is 0 Å². The number of halogens is 1. The summed E-state index contributed by atoms with van der Waals surface area (Å²) in [5, 5.41) is 0.913. The molecule has 0 N–H and O–H groups in total. The highest BCUT2D eigenvalue weighted by molar-refractivity contribution is 7.89. The fourth-order valence-electron chi connectivity index (χ4n) is 3.06. The molecule has 0 unspecified atom stereocenters. The van der Waals surface area contributed by atoms with E-state index in [1.54, 1.807) is 0 Å². The molecule has 0 spiro atoms. The van der Waals surface area contributed by atoms with Crippen molar-refractivity contribution in [3.05, 3.63) is 102 Å². The predicted molar refractivity (Wildman–Crippen MR) is 105 cm³/mol. The number of benzene rings is 3. The average Bonchev–Trinajstić information content (AvgIpc) is 3.11. The first-order chi connectivity index (χ1) is 13.5. The Bertz CT molecular complexity index is 1150. The molecule has 6 heteroatoms. The monoisotopic (exact) mass is 395 g/mol. The lowest BCUT2D eigenvalue weighted by Gasteiger charge is -2.21. The predicted octanol–water partition coefficient (Wildman–Crippen LogP) is 4.96. The first-order valence-corrected chi connectivity index (χ1v) is 10.2. The molecule has 0 aliphatic carbocycles. The van der Waals surface area contributed by atoms with Gasteiger partial charge in [-0.2, -0.15) is 4.31 Å². The first kappa shape index (κ1) is 18.4. The van der Waals surface area contributed by atoms with Gasteiger partial charge in [-0.3, -0.25) is 0 Å². The molecule has 0 aliphatic heterocycles. The molecule has 4 nitrogen and oxygen atoms in total. The fraction of sp³-hybridized carbons (Fsp3) is 0.0909. The van der Waals surface area contributed by atoms with E-state index in [1.165, 1.54) is 16.4 Å². The Morgan fingerprint density at radius 1 is 0.821 bits per heavy atom. The lowest BCUT2D eigenvalue weighted by molar-refractivity contribution is 0.365. The van der Waals surface area contributed by atoms with Crippen molar-refractivity contribution in [3.8, 4) is 0 Å². The molecule has 0 atom stereocenters. The van der Waals surface area contributed by atoms with Gasteiger partial charge >= 0.3 is 0 Å². The van der Waals surface area contributed by atoms with Crippen LogP contribution in [0.15, 0.2) is 94.2 Å². The number of hydrogen-bond donors (Lipinski definition) is 0. The molecular weight excluding hydrogens is 377 g/mol. The molecule has 4 aromatic rings. The molecule has 3 aromatic carbocycles. The van der Waals surface area contributed by atoms with Crippen LogP contribution in [0.25, 0.3) is 11.0 Å². The van der Waals surface area contributed by atoms with Gasteiger partial charge in [0, 0.05) is 11.9 Å². The van der Waals surface area contributed by atoms with Crippen molar-refractivity contribution in [1.29, 1.82) is 0 Å². The van der Waals surface area contributed by atoms with E-state index in [4.69, 9.17) is 4.42 Å². The summed E-state index contributed by atoms with van der Waals surface area (Å²) in [6, 6.07) is 23.6. The van der Waals surface area contributed by atoms with E-state index < -0.39 is 15.8 Å². The second-order valence-electron chi connectivity index (χ2n) is 6.46. The Labute approximate surface area is 162 Å². The molecule has 0 bridgehead atoms. The molecule has 1 aromatic heterocycles. The van der Waals surface area contributed by atoms with Crippen molar-refractivity contribution in [2.24, 2.45) is 0 Å². The third-order valence-corrected chi connectivity index (χ3v) is 6.27. The minimum atomic E-state index is -3.84. The minimum absolute atomic E-state index is 0.0425. The summed E-state index contributed by atoms with van der Waals surface area (Å²) in [6.07, 6.45) is 0. The molecule has 0 amide bonds. The maximum atomic E-state index is 13.3. The van der Waals surface area contributed by atoms with Crippen LogP contribution in [0.5, 0.6) is 0 Å². The quantitative estimate of drug-likeness (QED) is 0.463. The topological polar surface area (TPSA) is 50.5 Å². The largest absolute Gasteiger partial charge is 0.460 e. The zero-order valence-electron chi connectivity index (χ0n) is 15.0. The Balaban J connectivity index is 1.71. The molecule has 142 valence electrons. The number of rotatable bonds is 6. The van der Waals surface area contributed by atoms with Crippen molar-refractivity contribution in [2.75, 3.05) is 0 Å². The number of nitrogens with zero attached hydrogens (tertiary/aromatic N) is 1. The average molecular weight is 395 g/mol. The van der Waals surface area contributed by atoms with E-state index in [-0.39, 0.29) is 18.0 Å². The normalized spacial score (nSPS) is 11.9. The highest BCUT2D eigenvalue weighted by Crippen LogP contribution is 2.25. The maximum Gasteiger partial charge on any atom is 0.243 e. The summed E-state index contributed by atoms with van der Waals surface area (Å²) in [5.74, 6) is 0.0636. The molecule has 1 heterocycles. The molecule has 28 heavy (non-hydrogen) atoms. The van der Waals surface area contributed by atoms with Gasteiger partial charge in [0.05, 0.1) is 11.4 Å². The highest BCUT2D eigenvalue weighted by atomic mass is 32.2.